The minimum Gasteiger partial charge on any atom is -0.346 e. The molecule has 5 heteroatoms. The number of hydrogen-bond acceptors (Lipinski definition) is 3. The van der Waals surface area contributed by atoms with Crippen LogP contribution in [0, 0.1) is 0 Å². The first-order valence-corrected chi connectivity index (χ1v) is 7.07. The van der Waals surface area contributed by atoms with Crippen LogP contribution in [0.15, 0.2) is 24.3 Å². The minimum atomic E-state index is -0.526. The highest BCUT2D eigenvalue weighted by Crippen LogP contribution is 2.46. The van der Waals surface area contributed by atoms with Gasteiger partial charge in [-0.3, -0.25) is 9.59 Å². The van der Waals surface area contributed by atoms with E-state index in [0.29, 0.717) is 19.6 Å². The number of carbonyl (C=O) groups is 2. The molecular weight excluding hydrogens is 254 g/mol. The van der Waals surface area contributed by atoms with Crippen molar-refractivity contribution in [1.82, 2.24) is 5.32 Å². The molecule has 20 heavy (non-hydrogen) atoms. The minimum absolute atomic E-state index is 0.0230. The number of nitrogens with two attached hydrogens (primary N) is 1. The van der Waals surface area contributed by atoms with Gasteiger partial charge >= 0.3 is 11.8 Å². The Morgan fingerprint density at radius 2 is 2.00 bits per heavy atom. The Bertz CT molecular complexity index is 546. The predicted octanol–water partition coefficient (Wildman–Crippen LogP) is 0.530. The van der Waals surface area contributed by atoms with E-state index in [1.165, 1.54) is 6.42 Å². The van der Waals surface area contributed by atoms with Crippen molar-refractivity contribution in [3.05, 3.63) is 29.8 Å². The fourth-order valence-corrected chi connectivity index (χ4v) is 3.16. The average molecular weight is 273 g/mol. The summed E-state index contributed by atoms with van der Waals surface area (Å²) < 4.78 is 0. The molecule has 1 saturated heterocycles. The summed E-state index contributed by atoms with van der Waals surface area (Å²) in [5.41, 5.74) is 7.91. The molecule has 3 N–H and O–H groups in total. The maximum atomic E-state index is 12.1. The number of piperazine rings is 1. The summed E-state index contributed by atoms with van der Waals surface area (Å²) in [4.78, 5) is 25.2. The largest absolute Gasteiger partial charge is 0.346 e. The van der Waals surface area contributed by atoms with Gasteiger partial charge in [-0.1, -0.05) is 24.6 Å². The Morgan fingerprint density at radius 3 is 2.65 bits per heavy atom. The van der Waals surface area contributed by atoms with E-state index in [9.17, 15) is 9.59 Å². The van der Waals surface area contributed by atoms with E-state index in [1.807, 2.05) is 24.3 Å². The standard InChI is InChI=1S/C15H19N3O2/c16-10-15(6-3-7-15)11-4-1-2-5-12(11)18-9-8-17-13(19)14(18)20/h1-2,4-5H,3,6-10,16H2,(H,17,19). The number of nitrogens with one attached hydrogen (secondary N) is 1. The summed E-state index contributed by atoms with van der Waals surface area (Å²) >= 11 is 0. The van der Waals surface area contributed by atoms with Crippen LogP contribution in [0.5, 0.6) is 0 Å². The highest BCUT2D eigenvalue weighted by Gasteiger charge is 2.41. The molecule has 0 atom stereocenters. The van der Waals surface area contributed by atoms with Crippen LogP contribution >= 0.6 is 0 Å². The third kappa shape index (κ3) is 1.89. The van der Waals surface area contributed by atoms with E-state index < -0.39 is 11.8 Å². The Labute approximate surface area is 118 Å². The maximum absolute atomic E-state index is 12.1. The zero-order valence-electron chi connectivity index (χ0n) is 11.4. The number of amides is 2. The van der Waals surface area contributed by atoms with Crippen molar-refractivity contribution in [2.24, 2.45) is 5.73 Å². The van der Waals surface area contributed by atoms with Crippen LogP contribution in [0.4, 0.5) is 5.69 Å². The van der Waals surface area contributed by atoms with Gasteiger partial charge in [0.05, 0.1) is 0 Å². The second-order valence-electron chi connectivity index (χ2n) is 5.57. The smallest absolute Gasteiger partial charge is 0.316 e. The monoisotopic (exact) mass is 273 g/mol. The van der Waals surface area contributed by atoms with Crippen molar-refractivity contribution in [3.63, 3.8) is 0 Å². The normalized spacial score (nSPS) is 21.4. The maximum Gasteiger partial charge on any atom is 0.316 e. The van der Waals surface area contributed by atoms with Crippen LogP contribution in [-0.4, -0.2) is 31.4 Å². The van der Waals surface area contributed by atoms with E-state index in [0.717, 1.165) is 24.1 Å². The zero-order valence-corrected chi connectivity index (χ0v) is 11.4. The molecule has 1 aliphatic heterocycles. The van der Waals surface area contributed by atoms with E-state index in [-0.39, 0.29) is 5.41 Å². The van der Waals surface area contributed by atoms with Crippen LogP contribution in [0.1, 0.15) is 24.8 Å². The molecule has 0 unspecified atom stereocenters. The van der Waals surface area contributed by atoms with Crippen molar-refractivity contribution in [2.75, 3.05) is 24.5 Å². The van der Waals surface area contributed by atoms with Crippen molar-refractivity contribution in [1.29, 1.82) is 0 Å². The first kappa shape index (κ1) is 13.1. The molecule has 1 aliphatic carbocycles. The van der Waals surface area contributed by atoms with Gasteiger partial charge in [0, 0.05) is 30.7 Å². The van der Waals surface area contributed by atoms with Gasteiger partial charge < -0.3 is 16.0 Å². The van der Waals surface area contributed by atoms with Crippen molar-refractivity contribution >= 4 is 17.5 Å². The molecule has 2 amide bonds. The SMILES string of the molecule is NCC1(c2ccccc2N2CCNC(=O)C2=O)CCC1. The van der Waals surface area contributed by atoms with Gasteiger partial charge in [0.2, 0.25) is 0 Å². The van der Waals surface area contributed by atoms with Crippen LogP contribution < -0.4 is 16.0 Å². The molecule has 0 aromatic heterocycles. The van der Waals surface area contributed by atoms with Crippen LogP contribution in [0.25, 0.3) is 0 Å². The van der Waals surface area contributed by atoms with Crippen molar-refractivity contribution < 1.29 is 9.59 Å². The summed E-state index contributed by atoms with van der Waals surface area (Å²) in [7, 11) is 0. The van der Waals surface area contributed by atoms with Crippen LogP contribution in [0.2, 0.25) is 0 Å². The van der Waals surface area contributed by atoms with Gasteiger partial charge in [-0.15, -0.1) is 0 Å². The van der Waals surface area contributed by atoms with Crippen LogP contribution in [0.3, 0.4) is 0 Å². The van der Waals surface area contributed by atoms with Gasteiger partial charge in [0.25, 0.3) is 0 Å². The lowest BCUT2D eigenvalue weighted by Crippen LogP contribution is -2.53. The second-order valence-corrected chi connectivity index (χ2v) is 5.57. The van der Waals surface area contributed by atoms with E-state index in [2.05, 4.69) is 5.32 Å². The van der Waals surface area contributed by atoms with Gasteiger partial charge in [0.1, 0.15) is 0 Å². The summed E-state index contributed by atoms with van der Waals surface area (Å²) in [6, 6.07) is 7.84. The molecule has 0 bridgehead atoms. The van der Waals surface area contributed by atoms with E-state index in [4.69, 9.17) is 5.73 Å². The fourth-order valence-electron chi connectivity index (χ4n) is 3.16. The second kappa shape index (κ2) is 4.90. The number of hydrogen-bond donors (Lipinski definition) is 2. The number of para-hydroxylation sites is 1. The van der Waals surface area contributed by atoms with Crippen molar-refractivity contribution in [2.45, 2.75) is 24.7 Å². The number of carbonyl (C=O) groups excluding carboxylic acids is 2. The van der Waals surface area contributed by atoms with E-state index in [1.54, 1.807) is 4.90 Å². The van der Waals surface area contributed by atoms with Crippen LogP contribution in [-0.2, 0) is 15.0 Å². The Morgan fingerprint density at radius 1 is 1.25 bits per heavy atom. The Balaban J connectivity index is 2.01. The quantitative estimate of drug-likeness (QED) is 0.789. The first-order chi connectivity index (χ1) is 9.68. The fraction of sp³-hybridized carbons (Fsp3) is 0.467. The number of anilines is 1. The Hall–Kier alpha value is -1.88. The molecule has 1 aromatic carbocycles. The first-order valence-electron chi connectivity index (χ1n) is 7.07. The lowest BCUT2D eigenvalue weighted by atomic mass is 9.64. The lowest BCUT2D eigenvalue weighted by Gasteiger charge is -2.44. The van der Waals surface area contributed by atoms with Gasteiger partial charge in [-0.25, -0.2) is 0 Å². The third-order valence-corrected chi connectivity index (χ3v) is 4.53. The lowest BCUT2D eigenvalue weighted by molar-refractivity contribution is -0.138. The summed E-state index contributed by atoms with van der Waals surface area (Å²) in [5.74, 6) is -1.00. The molecule has 106 valence electrons. The topological polar surface area (TPSA) is 75.4 Å². The Kier molecular flexibility index (Phi) is 3.22. The molecule has 5 nitrogen and oxygen atoms in total. The highest BCUT2D eigenvalue weighted by atomic mass is 16.2. The number of nitrogens with zero attached hydrogens (tertiary/aromatic N) is 1. The average Bonchev–Trinajstić information content (AvgIpc) is 2.42. The molecule has 0 spiro atoms. The van der Waals surface area contributed by atoms with Gasteiger partial charge in [0.15, 0.2) is 0 Å². The van der Waals surface area contributed by atoms with Gasteiger partial charge in [-0.05, 0) is 24.5 Å². The molecule has 1 aromatic rings. The summed E-state index contributed by atoms with van der Waals surface area (Å²) in [5, 5.41) is 2.58. The van der Waals surface area contributed by atoms with E-state index >= 15 is 0 Å². The third-order valence-electron chi connectivity index (χ3n) is 4.53. The predicted molar refractivity (Wildman–Crippen MR) is 76.4 cm³/mol. The van der Waals surface area contributed by atoms with Crippen molar-refractivity contribution in [3.8, 4) is 0 Å². The molecule has 0 radical (unpaired) electrons. The molecule has 1 heterocycles. The summed E-state index contributed by atoms with van der Waals surface area (Å²) in [6.07, 6.45) is 3.27. The number of benzene rings is 1. The molecule has 1 saturated carbocycles. The molecular formula is C15H19N3O2. The zero-order chi connectivity index (χ0) is 14.2. The molecule has 2 fully saturated rings. The van der Waals surface area contributed by atoms with Gasteiger partial charge in [-0.2, -0.15) is 0 Å². The number of rotatable bonds is 3. The molecule has 2 aliphatic rings. The highest BCUT2D eigenvalue weighted by molar-refractivity contribution is 6.41. The summed E-state index contributed by atoms with van der Waals surface area (Å²) in [6.45, 7) is 1.59. The molecule has 3 rings (SSSR count).